The minimum absolute atomic E-state index is 1.62. The first-order valence-electron chi connectivity index (χ1n) is 2.29. The summed E-state index contributed by atoms with van der Waals surface area (Å²) in [6.07, 6.45) is 7.33. The van der Waals surface area contributed by atoms with Crippen LogP contribution >= 0.6 is 11.8 Å². The second-order valence-electron chi connectivity index (χ2n) is 1.20. The summed E-state index contributed by atoms with van der Waals surface area (Å²) in [5.74, 6) is 0. The van der Waals surface area contributed by atoms with E-state index in [1.165, 1.54) is 0 Å². The van der Waals surface area contributed by atoms with Crippen LogP contribution in [0.2, 0.25) is 0 Å². The van der Waals surface area contributed by atoms with Gasteiger partial charge in [-0.2, -0.15) is 11.8 Å². The van der Waals surface area contributed by atoms with E-state index in [4.69, 9.17) is 0 Å². The van der Waals surface area contributed by atoms with Crippen LogP contribution in [0.1, 0.15) is 0 Å². The zero-order valence-electron chi connectivity index (χ0n) is 5.13. The monoisotopic (exact) mass is 130 g/mol. The molecule has 0 aliphatic heterocycles. The normalized spacial score (nSPS) is 7.25. The van der Waals surface area contributed by atoms with Gasteiger partial charge in [0.25, 0.3) is 0 Å². The molecule has 0 spiro atoms. The van der Waals surface area contributed by atoms with Gasteiger partial charge in [0.2, 0.25) is 0 Å². The van der Waals surface area contributed by atoms with Gasteiger partial charge in [0, 0.05) is 0 Å². The molecular formula is C6H10OS. The van der Waals surface area contributed by atoms with Crippen molar-refractivity contribution in [3.8, 4) is 0 Å². The fraction of sp³-hybridized carbons (Fsp3) is 0.333. The van der Waals surface area contributed by atoms with Crippen LogP contribution in [0.5, 0.6) is 0 Å². The van der Waals surface area contributed by atoms with Crippen molar-refractivity contribution in [1.29, 1.82) is 0 Å². The lowest BCUT2D eigenvalue weighted by Gasteiger charge is -1.51. The quantitative estimate of drug-likeness (QED) is 0.534. The third-order valence-electron chi connectivity index (χ3n) is 0.425. The molecule has 0 saturated heterocycles. The van der Waals surface area contributed by atoms with Crippen molar-refractivity contribution < 1.29 is 4.42 Å². The highest BCUT2D eigenvalue weighted by Gasteiger charge is 1.58. The summed E-state index contributed by atoms with van der Waals surface area (Å²) in [5.41, 5.74) is 0. The summed E-state index contributed by atoms with van der Waals surface area (Å²) >= 11 is 1.75. The van der Waals surface area contributed by atoms with Gasteiger partial charge in [0.05, 0.1) is 12.5 Å². The Kier molecular flexibility index (Phi) is 6.32. The molecular weight excluding hydrogens is 120 g/mol. The lowest BCUT2D eigenvalue weighted by Crippen LogP contribution is -1.25. The fourth-order valence-electron chi connectivity index (χ4n) is 0.227. The van der Waals surface area contributed by atoms with Crippen molar-refractivity contribution in [1.82, 2.24) is 0 Å². The molecule has 46 valence electrons. The highest BCUT2D eigenvalue weighted by Crippen LogP contribution is 1.79. The molecule has 0 atom stereocenters. The minimum Gasteiger partial charge on any atom is -0.473 e. The molecule has 0 unspecified atom stereocenters. The van der Waals surface area contributed by atoms with Crippen LogP contribution in [0.25, 0.3) is 0 Å². The van der Waals surface area contributed by atoms with Crippen LogP contribution in [-0.2, 0) is 0 Å². The second-order valence-corrected chi connectivity index (χ2v) is 2.02. The Balaban J connectivity index is 0.000000145. The Hall–Kier alpha value is -0.370. The summed E-state index contributed by atoms with van der Waals surface area (Å²) in [5, 5.41) is 0. The van der Waals surface area contributed by atoms with Crippen LogP contribution < -0.4 is 0 Å². The highest BCUT2D eigenvalue weighted by atomic mass is 32.2. The van der Waals surface area contributed by atoms with Crippen molar-refractivity contribution in [3.05, 3.63) is 24.7 Å². The van der Waals surface area contributed by atoms with Crippen molar-refractivity contribution in [2.75, 3.05) is 12.5 Å². The van der Waals surface area contributed by atoms with Crippen molar-refractivity contribution >= 4 is 11.8 Å². The molecule has 0 radical (unpaired) electrons. The Morgan fingerprint density at radius 2 is 1.50 bits per heavy atom. The van der Waals surface area contributed by atoms with Crippen LogP contribution in [-0.4, -0.2) is 12.5 Å². The molecule has 2 heteroatoms. The molecule has 1 rings (SSSR count). The molecule has 0 N–H and O–H groups in total. The van der Waals surface area contributed by atoms with Gasteiger partial charge in [-0.1, -0.05) is 0 Å². The lowest BCUT2D eigenvalue weighted by molar-refractivity contribution is 0.567. The average Bonchev–Trinajstić information content (AvgIpc) is 2.17. The van der Waals surface area contributed by atoms with E-state index in [2.05, 4.69) is 4.42 Å². The number of rotatable bonds is 0. The van der Waals surface area contributed by atoms with E-state index in [9.17, 15) is 0 Å². The van der Waals surface area contributed by atoms with E-state index < -0.39 is 0 Å². The molecule has 0 aromatic carbocycles. The van der Waals surface area contributed by atoms with Gasteiger partial charge in [0.1, 0.15) is 0 Å². The predicted molar refractivity (Wildman–Crippen MR) is 38.1 cm³/mol. The van der Waals surface area contributed by atoms with Crippen molar-refractivity contribution in [2.45, 2.75) is 0 Å². The van der Waals surface area contributed by atoms with E-state index in [0.29, 0.717) is 0 Å². The maximum absolute atomic E-state index is 4.58. The fourth-order valence-corrected chi connectivity index (χ4v) is 0.227. The van der Waals surface area contributed by atoms with Gasteiger partial charge >= 0.3 is 0 Å². The molecule has 1 aromatic rings. The standard InChI is InChI=1S/C4H4O.C2H6S/c1-2-4-5-3-1;1-3-2/h1-4H;1-2H3. The van der Waals surface area contributed by atoms with E-state index in [1.807, 2.05) is 24.6 Å². The first-order chi connectivity index (χ1) is 3.91. The van der Waals surface area contributed by atoms with Gasteiger partial charge in [-0.25, -0.2) is 0 Å². The number of hydrogen-bond donors (Lipinski definition) is 0. The van der Waals surface area contributed by atoms with E-state index in [-0.39, 0.29) is 0 Å². The van der Waals surface area contributed by atoms with Gasteiger partial charge in [-0.05, 0) is 24.6 Å². The van der Waals surface area contributed by atoms with Gasteiger partial charge < -0.3 is 4.42 Å². The van der Waals surface area contributed by atoms with E-state index in [1.54, 1.807) is 24.3 Å². The summed E-state index contributed by atoms with van der Waals surface area (Å²) in [6.45, 7) is 0. The molecule has 0 aliphatic rings. The van der Waals surface area contributed by atoms with Gasteiger partial charge in [-0.3, -0.25) is 0 Å². The highest BCUT2D eigenvalue weighted by molar-refractivity contribution is 7.97. The first kappa shape index (κ1) is 7.63. The Morgan fingerprint density at radius 1 is 1.12 bits per heavy atom. The van der Waals surface area contributed by atoms with Crippen LogP contribution in [0.4, 0.5) is 0 Å². The number of hydrogen-bond acceptors (Lipinski definition) is 2. The third-order valence-corrected chi connectivity index (χ3v) is 0.425. The van der Waals surface area contributed by atoms with Gasteiger partial charge in [0.15, 0.2) is 0 Å². The summed E-state index contributed by atoms with van der Waals surface area (Å²) in [6, 6.07) is 3.67. The first-order valence-corrected chi connectivity index (χ1v) is 3.92. The molecule has 1 heterocycles. The molecule has 0 fully saturated rings. The van der Waals surface area contributed by atoms with E-state index >= 15 is 0 Å². The summed E-state index contributed by atoms with van der Waals surface area (Å²) < 4.78 is 4.58. The topological polar surface area (TPSA) is 13.1 Å². The number of furan rings is 1. The van der Waals surface area contributed by atoms with Crippen LogP contribution in [0, 0.1) is 0 Å². The molecule has 1 aromatic heterocycles. The van der Waals surface area contributed by atoms with Gasteiger partial charge in [-0.15, -0.1) is 0 Å². The van der Waals surface area contributed by atoms with Crippen molar-refractivity contribution in [3.63, 3.8) is 0 Å². The Labute approximate surface area is 54.1 Å². The van der Waals surface area contributed by atoms with Crippen LogP contribution in [0.15, 0.2) is 29.1 Å². The Bertz CT molecular complexity index is 75.4. The lowest BCUT2D eigenvalue weighted by atomic mass is 10.7. The van der Waals surface area contributed by atoms with E-state index in [0.717, 1.165) is 0 Å². The zero-order chi connectivity index (χ0) is 6.24. The summed E-state index contributed by atoms with van der Waals surface area (Å²) in [4.78, 5) is 0. The average molecular weight is 130 g/mol. The molecule has 0 aliphatic carbocycles. The smallest absolute Gasteiger partial charge is 0.0902 e. The molecule has 0 bridgehead atoms. The molecule has 8 heavy (non-hydrogen) atoms. The van der Waals surface area contributed by atoms with Crippen molar-refractivity contribution in [2.24, 2.45) is 0 Å². The number of thioether (sulfide) groups is 1. The SMILES string of the molecule is CSC.c1ccoc1. The maximum Gasteiger partial charge on any atom is 0.0902 e. The maximum atomic E-state index is 4.58. The summed E-state index contributed by atoms with van der Waals surface area (Å²) in [7, 11) is 0. The zero-order valence-corrected chi connectivity index (χ0v) is 5.94. The molecule has 0 saturated carbocycles. The molecule has 0 amide bonds. The molecule has 1 nitrogen and oxygen atoms in total. The predicted octanol–water partition coefficient (Wildman–Crippen LogP) is 2.26. The van der Waals surface area contributed by atoms with Crippen LogP contribution in [0.3, 0.4) is 0 Å². The Morgan fingerprint density at radius 3 is 1.62 bits per heavy atom. The third kappa shape index (κ3) is 5.63. The minimum atomic E-state index is 1.62. The second kappa shape index (κ2) is 6.63. The largest absolute Gasteiger partial charge is 0.473 e.